The number of benzene rings is 1. The van der Waals surface area contributed by atoms with E-state index >= 15 is 0 Å². The number of allylic oxidation sites excluding steroid dienone is 4. The third-order valence-corrected chi connectivity index (χ3v) is 7.76. The summed E-state index contributed by atoms with van der Waals surface area (Å²) in [4.78, 5) is 0. The molecule has 1 aromatic carbocycles. The molecule has 36 heavy (non-hydrogen) atoms. The molecule has 0 bridgehead atoms. The standard InChI is InChI=1S/C35H60O/c1-8-10-12-13-14-16-28-36-35-33(7)32(6)25-27-34(35)26-24-31(5)23-18-22-30(4)21-17-20-29(3)19-15-11-9-2/h19,21,25,27,31H,8-18,20,22-24,26,28H2,1-7H3/b29-19+,30-21+. The number of aryl methyl sites for hydroxylation is 2. The molecule has 0 radical (unpaired) electrons. The van der Waals surface area contributed by atoms with E-state index in [0.29, 0.717) is 0 Å². The first-order chi connectivity index (χ1) is 17.4. The van der Waals surface area contributed by atoms with Gasteiger partial charge in [-0.05, 0) is 102 Å². The lowest BCUT2D eigenvalue weighted by molar-refractivity contribution is 0.298. The first-order valence-electron chi connectivity index (χ1n) is 15.4. The highest BCUT2D eigenvalue weighted by Gasteiger charge is 2.12. The van der Waals surface area contributed by atoms with E-state index in [1.54, 1.807) is 11.1 Å². The topological polar surface area (TPSA) is 9.23 Å². The van der Waals surface area contributed by atoms with E-state index in [1.807, 2.05) is 0 Å². The predicted molar refractivity (Wildman–Crippen MR) is 162 cm³/mol. The molecule has 0 heterocycles. The van der Waals surface area contributed by atoms with Crippen LogP contribution in [0.2, 0.25) is 0 Å². The predicted octanol–water partition coefficient (Wildman–Crippen LogP) is 11.6. The van der Waals surface area contributed by atoms with Gasteiger partial charge in [-0.3, -0.25) is 0 Å². The van der Waals surface area contributed by atoms with Crippen molar-refractivity contribution in [3.63, 3.8) is 0 Å². The highest BCUT2D eigenvalue weighted by molar-refractivity contribution is 5.45. The van der Waals surface area contributed by atoms with Gasteiger partial charge in [-0.2, -0.15) is 0 Å². The SMILES string of the molecule is CCCC/C=C(\C)CC/C=C(\C)CCCC(C)CCc1ccc(C)c(C)c1OCCCCCCCC. The fraction of sp³-hybridized carbons (Fsp3) is 0.714. The van der Waals surface area contributed by atoms with Crippen molar-refractivity contribution in [2.24, 2.45) is 5.92 Å². The van der Waals surface area contributed by atoms with Crippen molar-refractivity contribution < 1.29 is 4.74 Å². The van der Waals surface area contributed by atoms with Gasteiger partial charge in [-0.25, -0.2) is 0 Å². The molecule has 1 unspecified atom stereocenters. The highest BCUT2D eigenvalue weighted by atomic mass is 16.5. The Balaban J connectivity index is 2.39. The van der Waals surface area contributed by atoms with Crippen LogP contribution in [0, 0.1) is 19.8 Å². The molecule has 0 saturated heterocycles. The van der Waals surface area contributed by atoms with Crippen molar-refractivity contribution in [3.05, 3.63) is 52.1 Å². The van der Waals surface area contributed by atoms with Crippen molar-refractivity contribution in [2.75, 3.05) is 6.61 Å². The summed E-state index contributed by atoms with van der Waals surface area (Å²) < 4.78 is 6.37. The maximum atomic E-state index is 6.37. The zero-order valence-electron chi connectivity index (χ0n) is 25.3. The molecule has 1 aromatic rings. The molecule has 0 aromatic heterocycles. The fourth-order valence-electron chi connectivity index (χ4n) is 4.88. The smallest absolute Gasteiger partial charge is 0.125 e. The number of hydrogen-bond acceptors (Lipinski definition) is 1. The molecule has 0 aliphatic rings. The minimum Gasteiger partial charge on any atom is -0.493 e. The van der Waals surface area contributed by atoms with Crippen LogP contribution in [0.5, 0.6) is 5.75 Å². The minimum absolute atomic E-state index is 0.759. The van der Waals surface area contributed by atoms with Crippen LogP contribution in [-0.4, -0.2) is 6.61 Å². The lowest BCUT2D eigenvalue weighted by Gasteiger charge is -2.18. The molecule has 0 fully saturated rings. The Kier molecular flexibility index (Phi) is 18.6. The number of ether oxygens (including phenoxy) is 1. The summed E-state index contributed by atoms with van der Waals surface area (Å²) in [5.41, 5.74) is 7.22. The van der Waals surface area contributed by atoms with Crippen LogP contribution in [0.3, 0.4) is 0 Å². The highest BCUT2D eigenvalue weighted by Crippen LogP contribution is 2.29. The lowest BCUT2D eigenvalue weighted by atomic mass is 9.93. The average Bonchev–Trinajstić information content (AvgIpc) is 2.85. The normalized spacial score (nSPS) is 13.3. The Labute approximate surface area is 226 Å². The van der Waals surface area contributed by atoms with Gasteiger partial charge in [0.05, 0.1) is 6.61 Å². The molecular formula is C35H60O. The third-order valence-electron chi connectivity index (χ3n) is 7.76. The van der Waals surface area contributed by atoms with Crippen molar-refractivity contribution in [1.29, 1.82) is 0 Å². The summed E-state index contributed by atoms with van der Waals surface area (Å²) >= 11 is 0. The Morgan fingerprint density at radius 3 is 2.19 bits per heavy atom. The van der Waals surface area contributed by atoms with Gasteiger partial charge >= 0.3 is 0 Å². The molecule has 0 N–H and O–H groups in total. The summed E-state index contributed by atoms with van der Waals surface area (Å²) in [5.74, 6) is 1.93. The van der Waals surface area contributed by atoms with Crippen LogP contribution in [0.15, 0.2) is 35.4 Å². The van der Waals surface area contributed by atoms with Gasteiger partial charge in [0, 0.05) is 0 Å². The second kappa shape index (κ2) is 20.5. The summed E-state index contributed by atoms with van der Waals surface area (Å²) in [5, 5.41) is 0. The van der Waals surface area contributed by atoms with Crippen LogP contribution >= 0.6 is 0 Å². The van der Waals surface area contributed by atoms with E-state index in [2.05, 4.69) is 72.8 Å². The van der Waals surface area contributed by atoms with E-state index in [9.17, 15) is 0 Å². The van der Waals surface area contributed by atoms with Gasteiger partial charge < -0.3 is 4.74 Å². The van der Waals surface area contributed by atoms with Crippen molar-refractivity contribution >= 4 is 0 Å². The summed E-state index contributed by atoms with van der Waals surface area (Å²) in [6.07, 6.45) is 25.3. The zero-order chi connectivity index (χ0) is 26.6. The number of hydrogen-bond donors (Lipinski definition) is 0. The van der Waals surface area contributed by atoms with Gasteiger partial charge in [-0.1, -0.05) is 108 Å². The largest absolute Gasteiger partial charge is 0.493 e. The number of rotatable bonds is 21. The van der Waals surface area contributed by atoms with Crippen LogP contribution < -0.4 is 4.74 Å². The summed E-state index contributed by atoms with van der Waals surface area (Å²) in [6, 6.07) is 4.60. The molecule has 0 aliphatic carbocycles. The Morgan fingerprint density at radius 2 is 1.44 bits per heavy atom. The quantitative estimate of drug-likeness (QED) is 0.121. The Morgan fingerprint density at radius 1 is 0.778 bits per heavy atom. The fourth-order valence-corrected chi connectivity index (χ4v) is 4.88. The summed E-state index contributed by atoms with van der Waals surface area (Å²) in [7, 11) is 0. The van der Waals surface area contributed by atoms with Crippen molar-refractivity contribution in [1.82, 2.24) is 0 Å². The first kappa shape index (κ1) is 32.5. The molecule has 1 nitrogen and oxygen atoms in total. The van der Waals surface area contributed by atoms with E-state index in [-0.39, 0.29) is 0 Å². The summed E-state index contributed by atoms with van der Waals surface area (Å²) in [6.45, 7) is 16.9. The number of unbranched alkanes of at least 4 members (excludes halogenated alkanes) is 7. The molecule has 0 saturated carbocycles. The average molecular weight is 497 g/mol. The van der Waals surface area contributed by atoms with E-state index < -0.39 is 0 Å². The Hall–Kier alpha value is -1.50. The molecule has 1 heteroatoms. The molecule has 0 aliphatic heterocycles. The van der Waals surface area contributed by atoms with Crippen LogP contribution in [-0.2, 0) is 6.42 Å². The van der Waals surface area contributed by atoms with E-state index in [4.69, 9.17) is 4.74 Å². The maximum Gasteiger partial charge on any atom is 0.125 e. The van der Waals surface area contributed by atoms with Gasteiger partial charge in [0.1, 0.15) is 5.75 Å². The molecule has 0 spiro atoms. The van der Waals surface area contributed by atoms with Crippen molar-refractivity contribution in [2.45, 2.75) is 151 Å². The van der Waals surface area contributed by atoms with E-state index in [0.717, 1.165) is 18.9 Å². The van der Waals surface area contributed by atoms with Crippen LogP contribution in [0.1, 0.15) is 148 Å². The maximum absolute atomic E-state index is 6.37. The van der Waals surface area contributed by atoms with Gasteiger partial charge in [0.2, 0.25) is 0 Å². The van der Waals surface area contributed by atoms with Crippen LogP contribution in [0.25, 0.3) is 0 Å². The second-order valence-corrected chi connectivity index (χ2v) is 11.4. The molecular weight excluding hydrogens is 436 g/mol. The molecule has 1 rings (SSSR count). The monoisotopic (exact) mass is 496 g/mol. The zero-order valence-corrected chi connectivity index (χ0v) is 25.3. The molecule has 206 valence electrons. The van der Waals surface area contributed by atoms with Gasteiger partial charge in [0.25, 0.3) is 0 Å². The molecule has 0 amide bonds. The third kappa shape index (κ3) is 14.9. The van der Waals surface area contributed by atoms with Crippen molar-refractivity contribution in [3.8, 4) is 5.75 Å². The first-order valence-corrected chi connectivity index (χ1v) is 15.4. The van der Waals surface area contributed by atoms with Gasteiger partial charge in [-0.15, -0.1) is 0 Å². The van der Waals surface area contributed by atoms with E-state index in [1.165, 1.54) is 119 Å². The minimum atomic E-state index is 0.759. The molecule has 1 atom stereocenters. The second-order valence-electron chi connectivity index (χ2n) is 11.4. The van der Waals surface area contributed by atoms with Crippen LogP contribution in [0.4, 0.5) is 0 Å². The van der Waals surface area contributed by atoms with Gasteiger partial charge in [0.15, 0.2) is 0 Å². The Bertz CT molecular complexity index is 754. The lowest BCUT2D eigenvalue weighted by Crippen LogP contribution is -2.05.